The van der Waals surface area contributed by atoms with E-state index in [1.165, 1.54) is 0 Å². The van der Waals surface area contributed by atoms with Crippen molar-refractivity contribution in [1.29, 1.82) is 0 Å². The van der Waals surface area contributed by atoms with E-state index in [0.717, 1.165) is 43.6 Å². The van der Waals surface area contributed by atoms with Gasteiger partial charge < -0.3 is 15.0 Å². The monoisotopic (exact) mass is 398 g/mol. The Kier molecular flexibility index (Phi) is 6.14. The molecule has 0 unspecified atom stereocenters. The number of hydrogen-bond donors (Lipinski definition) is 1. The Balaban J connectivity index is 1.33. The third kappa shape index (κ3) is 4.79. The van der Waals surface area contributed by atoms with Gasteiger partial charge in [-0.3, -0.25) is 0 Å². The Morgan fingerprint density at radius 1 is 1.00 bits per heavy atom. The zero-order chi connectivity index (χ0) is 20.1. The number of fused-ring (bicyclic) bond motifs is 1. The summed E-state index contributed by atoms with van der Waals surface area (Å²) in [4.78, 5) is 10.3. The van der Waals surface area contributed by atoms with Crippen molar-refractivity contribution in [2.45, 2.75) is 25.3 Å². The summed E-state index contributed by atoms with van der Waals surface area (Å²) in [5, 5.41) is 4.35. The molecular formula is C22H24F2N4O. The van der Waals surface area contributed by atoms with E-state index in [-0.39, 0.29) is 0 Å². The van der Waals surface area contributed by atoms with Gasteiger partial charge >= 0.3 is 0 Å². The van der Waals surface area contributed by atoms with Crippen LogP contribution in [0.4, 0.5) is 14.6 Å². The van der Waals surface area contributed by atoms with Crippen LogP contribution in [0.15, 0.2) is 54.6 Å². The predicted molar refractivity (Wildman–Crippen MR) is 110 cm³/mol. The van der Waals surface area contributed by atoms with E-state index in [1.807, 2.05) is 48.5 Å². The molecule has 0 spiro atoms. The summed E-state index contributed by atoms with van der Waals surface area (Å²) in [5.74, 6) is 1.07. The Bertz CT molecular complexity index is 931. The molecule has 0 saturated carbocycles. The fraction of sp³-hybridized carbons (Fsp3) is 0.364. The van der Waals surface area contributed by atoms with Crippen LogP contribution >= 0.6 is 0 Å². The molecule has 3 aromatic rings. The van der Waals surface area contributed by atoms with Crippen LogP contribution in [0.25, 0.3) is 10.9 Å². The van der Waals surface area contributed by atoms with Crippen molar-refractivity contribution < 1.29 is 13.5 Å². The summed E-state index contributed by atoms with van der Waals surface area (Å²) in [6.45, 7) is 2.91. The Labute approximate surface area is 168 Å². The van der Waals surface area contributed by atoms with Gasteiger partial charge in [-0.2, -0.15) is 0 Å². The topological polar surface area (TPSA) is 50.3 Å². The lowest BCUT2D eigenvalue weighted by Gasteiger charge is -2.34. The van der Waals surface area contributed by atoms with Crippen LogP contribution in [-0.2, 0) is 0 Å². The number of halogens is 2. The van der Waals surface area contributed by atoms with Gasteiger partial charge in [0.1, 0.15) is 18.2 Å². The molecule has 7 heteroatoms. The van der Waals surface area contributed by atoms with Gasteiger partial charge in [0.05, 0.1) is 5.52 Å². The normalized spacial score (nSPS) is 15.2. The van der Waals surface area contributed by atoms with E-state index in [1.54, 1.807) is 6.07 Å². The number of para-hydroxylation sites is 2. The molecule has 0 radical (unpaired) electrons. The second kappa shape index (κ2) is 9.13. The zero-order valence-electron chi connectivity index (χ0n) is 16.1. The lowest BCUT2D eigenvalue weighted by Crippen LogP contribution is -2.44. The minimum absolute atomic E-state index is 0.383. The molecule has 2 heterocycles. The summed E-state index contributed by atoms with van der Waals surface area (Å²) in [5.41, 5.74) is 0.561. The van der Waals surface area contributed by atoms with E-state index >= 15 is 0 Å². The van der Waals surface area contributed by atoms with Crippen LogP contribution < -0.4 is 15.0 Å². The lowest BCUT2D eigenvalue weighted by molar-refractivity contribution is 0.141. The van der Waals surface area contributed by atoms with Gasteiger partial charge in [0, 0.05) is 31.1 Å². The third-order valence-corrected chi connectivity index (χ3v) is 5.14. The van der Waals surface area contributed by atoms with Crippen LogP contribution in [0.5, 0.6) is 5.75 Å². The van der Waals surface area contributed by atoms with Crippen molar-refractivity contribution in [1.82, 2.24) is 15.3 Å². The molecule has 152 valence electrons. The molecule has 1 saturated heterocycles. The molecule has 1 aliphatic heterocycles. The van der Waals surface area contributed by atoms with Crippen LogP contribution in [0, 0.1) is 0 Å². The summed E-state index contributed by atoms with van der Waals surface area (Å²) in [7, 11) is 0. The largest absolute Gasteiger partial charge is 0.492 e. The van der Waals surface area contributed by atoms with Crippen molar-refractivity contribution in [3.8, 4) is 5.75 Å². The molecule has 4 rings (SSSR count). The number of alkyl halides is 2. The Morgan fingerprint density at radius 2 is 1.72 bits per heavy atom. The van der Waals surface area contributed by atoms with Gasteiger partial charge in [-0.05, 0) is 37.1 Å². The van der Waals surface area contributed by atoms with Gasteiger partial charge in [-0.25, -0.2) is 18.7 Å². The molecule has 29 heavy (non-hydrogen) atoms. The summed E-state index contributed by atoms with van der Waals surface area (Å²) in [6, 6.07) is 17.5. The number of nitrogens with one attached hydrogen (secondary N) is 1. The summed E-state index contributed by atoms with van der Waals surface area (Å²) in [6.07, 6.45) is -0.830. The maximum atomic E-state index is 13.2. The molecule has 5 nitrogen and oxygen atoms in total. The smallest absolute Gasteiger partial charge is 0.297 e. The first-order valence-electron chi connectivity index (χ1n) is 9.92. The Morgan fingerprint density at radius 3 is 2.48 bits per heavy atom. The minimum atomic E-state index is -2.68. The van der Waals surface area contributed by atoms with E-state index < -0.39 is 12.2 Å². The number of piperidine rings is 1. The SMILES string of the molecule is FC(F)c1nc(N2CCC(NCCOc3ccccc3)CC2)c2ccccc2n1. The number of benzene rings is 2. The number of anilines is 1. The molecule has 1 N–H and O–H groups in total. The van der Waals surface area contributed by atoms with Crippen LogP contribution in [0.2, 0.25) is 0 Å². The van der Waals surface area contributed by atoms with Gasteiger partial charge in [-0.15, -0.1) is 0 Å². The first-order valence-corrected chi connectivity index (χ1v) is 9.92. The van der Waals surface area contributed by atoms with E-state index in [4.69, 9.17) is 4.74 Å². The average molecular weight is 398 g/mol. The summed E-state index contributed by atoms with van der Waals surface area (Å²) < 4.78 is 32.2. The molecule has 0 aliphatic carbocycles. The maximum Gasteiger partial charge on any atom is 0.297 e. The van der Waals surface area contributed by atoms with Gasteiger partial charge in [0.25, 0.3) is 6.43 Å². The van der Waals surface area contributed by atoms with Crippen molar-refractivity contribution in [3.63, 3.8) is 0 Å². The molecule has 0 bridgehead atoms. The molecule has 2 aromatic carbocycles. The highest BCUT2D eigenvalue weighted by Gasteiger charge is 2.23. The summed E-state index contributed by atoms with van der Waals surface area (Å²) >= 11 is 0. The number of aromatic nitrogens is 2. The van der Waals surface area contributed by atoms with Gasteiger partial charge in [0.2, 0.25) is 0 Å². The average Bonchev–Trinajstić information content (AvgIpc) is 2.77. The van der Waals surface area contributed by atoms with Gasteiger partial charge in [0.15, 0.2) is 5.82 Å². The molecular weight excluding hydrogens is 374 g/mol. The third-order valence-electron chi connectivity index (χ3n) is 5.14. The second-order valence-corrected chi connectivity index (χ2v) is 7.10. The van der Waals surface area contributed by atoms with Crippen LogP contribution in [0.1, 0.15) is 25.1 Å². The van der Waals surface area contributed by atoms with Crippen molar-refractivity contribution in [2.24, 2.45) is 0 Å². The van der Waals surface area contributed by atoms with E-state index in [0.29, 0.717) is 24.0 Å². The molecule has 0 amide bonds. The lowest BCUT2D eigenvalue weighted by atomic mass is 10.0. The van der Waals surface area contributed by atoms with Crippen LogP contribution in [0.3, 0.4) is 0 Å². The highest BCUT2D eigenvalue weighted by Crippen LogP contribution is 2.29. The number of hydrogen-bond acceptors (Lipinski definition) is 5. The van der Waals surface area contributed by atoms with Crippen molar-refractivity contribution >= 4 is 16.7 Å². The fourth-order valence-electron chi connectivity index (χ4n) is 3.66. The highest BCUT2D eigenvalue weighted by molar-refractivity contribution is 5.89. The standard InChI is InChI=1S/C22H24F2N4O/c23-20(24)21-26-19-9-5-4-8-18(19)22(27-21)28-13-10-16(11-14-28)25-12-15-29-17-6-2-1-3-7-17/h1-9,16,20,25H,10-15H2. The Hall–Kier alpha value is -2.80. The van der Waals surface area contributed by atoms with Gasteiger partial charge in [-0.1, -0.05) is 30.3 Å². The van der Waals surface area contributed by atoms with E-state index in [9.17, 15) is 8.78 Å². The zero-order valence-corrected chi connectivity index (χ0v) is 16.1. The quantitative estimate of drug-likeness (QED) is 0.605. The highest BCUT2D eigenvalue weighted by atomic mass is 19.3. The number of nitrogens with zero attached hydrogens (tertiary/aromatic N) is 3. The molecule has 1 fully saturated rings. The predicted octanol–water partition coefficient (Wildman–Crippen LogP) is 4.20. The molecule has 1 aliphatic rings. The first-order chi connectivity index (χ1) is 14.2. The maximum absolute atomic E-state index is 13.2. The number of ether oxygens (including phenoxy) is 1. The van der Waals surface area contributed by atoms with Crippen molar-refractivity contribution in [3.05, 3.63) is 60.4 Å². The minimum Gasteiger partial charge on any atom is -0.492 e. The van der Waals surface area contributed by atoms with Crippen LogP contribution in [-0.4, -0.2) is 42.3 Å². The molecule has 1 aromatic heterocycles. The second-order valence-electron chi connectivity index (χ2n) is 7.10. The first kappa shape index (κ1) is 19.5. The van der Waals surface area contributed by atoms with Crippen molar-refractivity contribution in [2.75, 3.05) is 31.1 Å². The number of rotatable bonds is 7. The molecule has 0 atom stereocenters. The van der Waals surface area contributed by atoms with E-state index in [2.05, 4.69) is 20.2 Å². The fourth-order valence-corrected chi connectivity index (χ4v) is 3.66.